The highest BCUT2D eigenvalue weighted by atomic mass is 35.5. The summed E-state index contributed by atoms with van der Waals surface area (Å²) in [5.41, 5.74) is -0.769. The average Bonchev–Trinajstić information content (AvgIpc) is 2.95. The Hall–Kier alpha value is -1.38. The minimum Gasteiger partial charge on any atom is -0.444 e. The highest BCUT2D eigenvalue weighted by Crippen LogP contribution is 2.33. The lowest BCUT2D eigenvalue weighted by atomic mass is 10.00. The first kappa shape index (κ1) is 23.9. The van der Waals surface area contributed by atoms with Crippen molar-refractivity contribution in [3.63, 3.8) is 0 Å². The molecule has 1 aromatic carbocycles. The molecule has 1 aromatic rings. The van der Waals surface area contributed by atoms with Gasteiger partial charge in [0.2, 0.25) is 0 Å². The van der Waals surface area contributed by atoms with Gasteiger partial charge in [0, 0.05) is 0 Å². The predicted octanol–water partition coefficient (Wildman–Crippen LogP) is 2.90. The number of ether oxygens (including phenoxy) is 3. The Bertz CT molecular complexity index is 663. The molecular formula is C21H32ClNO6. The third-order valence-corrected chi connectivity index (χ3v) is 4.98. The molecule has 1 heterocycles. The molecule has 1 saturated heterocycles. The maximum Gasteiger partial charge on any atom is 0.412 e. The fraction of sp³-hybridized carbons (Fsp3) is 0.667. The zero-order chi connectivity index (χ0) is 21.8. The highest BCUT2D eigenvalue weighted by molar-refractivity contribution is 6.18. The minimum atomic E-state index is -1.32. The number of rotatable bonds is 7. The van der Waals surface area contributed by atoms with Crippen LogP contribution in [-0.2, 0) is 20.8 Å². The molecule has 1 aliphatic heterocycles. The van der Waals surface area contributed by atoms with Crippen LogP contribution in [0.25, 0.3) is 0 Å². The molecule has 8 heteroatoms. The molecule has 1 aliphatic rings. The second-order valence-corrected chi connectivity index (χ2v) is 8.96. The van der Waals surface area contributed by atoms with Crippen molar-refractivity contribution < 1.29 is 29.2 Å². The molecule has 1 fully saturated rings. The van der Waals surface area contributed by atoms with Crippen molar-refractivity contribution in [1.82, 2.24) is 4.90 Å². The molecule has 0 aliphatic carbocycles. The molecule has 0 spiro atoms. The topological polar surface area (TPSA) is 88.5 Å². The van der Waals surface area contributed by atoms with Gasteiger partial charge in [-0.25, -0.2) is 4.79 Å². The van der Waals surface area contributed by atoms with Gasteiger partial charge in [-0.15, -0.1) is 11.6 Å². The SMILES string of the molecule is CC(C)(C)OC(=O)N1[C@H]([C@H](OCc2ccccc2)[C@@H](O)[C@H](O)CCl)COC1(C)C. The van der Waals surface area contributed by atoms with E-state index in [9.17, 15) is 15.0 Å². The molecule has 0 aromatic heterocycles. The van der Waals surface area contributed by atoms with Gasteiger partial charge >= 0.3 is 6.09 Å². The fourth-order valence-corrected chi connectivity index (χ4v) is 3.44. The molecule has 0 unspecified atom stereocenters. The summed E-state index contributed by atoms with van der Waals surface area (Å²) in [6.45, 7) is 9.14. The fourth-order valence-electron chi connectivity index (χ4n) is 3.26. The van der Waals surface area contributed by atoms with Crippen molar-refractivity contribution in [2.24, 2.45) is 0 Å². The molecule has 2 N–H and O–H groups in total. The first-order valence-corrected chi connectivity index (χ1v) is 10.2. The third kappa shape index (κ3) is 6.30. The maximum absolute atomic E-state index is 12.9. The van der Waals surface area contributed by atoms with Gasteiger partial charge < -0.3 is 24.4 Å². The summed E-state index contributed by atoms with van der Waals surface area (Å²) in [5.74, 6) is -0.171. The Morgan fingerprint density at radius 1 is 1.31 bits per heavy atom. The summed E-state index contributed by atoms with van der Waals surface area (Å²) >= 11 is 5.75. The molecule has 0 radical (unpaired) electrons. The van der Waals surface area contributed by atoms with E-state index in [1.54, 1.807) is 34.6 Å². The van der Waals surface area contributed by atoms with Gasteiger partial charge in [-0.1, -0.05) is 30.3 Å². The number of benzene rings is 1. The average molecular weight is 430 g/mol. The van der Waals surface area contributed by atoms with Crippen molar-refractivity contribution in [2.45, 2.75) is 76.9 Å². The van der Waals surface area contributed by atoms with E-state index in [0.29, 0.717) is 0 Å². The zero-order valence-electron chi connectivity index (χ0n) is 17.7. The maximum atomic E-state index is 12.9. The first-order chi connectivity index (χ1) is 13.5. The van der Waals surface area contributed by atoms with Crippen LogP contribution in [0.2, 0.25) is 0 Å². The van der Waals surface area contributed by atoms with E-state index in [2.05, 4.69) is 0 Å². The lowest BCUT2D eigenvalue weighted by molar-refractivity contribution is -0.122. The van der Waals surface area contributed by atoms with Crippen molar-refractivity contribution in [1.29, 1.82) is 0 Å². The van der Waals surface area contributed by atoms with Crippen LogP contribution < -0.4 is 0 Å². The highest BCUT2D eigenvalue weighted by Gasteiger charge is 2.51. The van der Waals surface area contributed by atoms with Crippen LogP contribution in [0.3, 0.4) is 0 Å². The van der Waals surface area contributed by atoms with Gasteiger partial charge in [0.25, 0.3) is 0 Å². The summed E-state index contributed by atoms with van der Waals surface area (Å²) in [4.78, 5) is 14.4. The van der Waals surface area contributed by atoms with E-state index in [1.807, 2.05) is 30.3 Å². The van der Waals surface area contributed by atoms with E-state index in [-0.39, 0.29) is 19.1 Å². The summed E-state index contributed by atoms with van der Waals surface area (Å²) < 4.78 is 17.4. The second kappa shape index (κ2) is 9.62. The molecule has 0 saturated carbocycles. The van der Waals surface area contributed by atoms with Crippen LogP contribution in [0.5, 0.6) is 0 Å². The van der Waals surface area contributed by atoms with Crippen LogP contribution in [0.15, 0.2) is 30.3 Å². The molecule has 29 heavy (non-hydrogen) atoms. The van der Waals surface area contributed by atoms with Gasteiger partial charge in [0.15, 0.2) is 0 Å². The summed E-state index contributed by atoms with van der Waals surface area (Å²) in [6, 6.07) is 8.77. The number of hydrogen-bond donors (Lipinski definition) is 2. The smallest absolute Gasteiger partial charge is 0.412 e. The largest absolute Gasteiger partial charge is 0.444 e. The quantitative estimate of drug-likeness (QED) is 0.648. The molecule has 4 atom stereocenters. The van der Waals surface area contributed by atoms with Crippen LogP contribution in [0.4, 0.5) is 4.79 Å². The van der Waals surface area contributed by atoms with E-state index >= 15 is 0 Å². The number of nitrogens with zero attached hydrogens (tertiary/aromatic N) is 1. The summed E-state index contributed by atoms with van der Waals surface area (Å²) in [5, 5.41) is 20.9. The normalized spacial score (nSPS) is 22.2. The lowest BCUT2D eigenvalue weighted by Gasteiger charge is -2.39. The Balaban J connectivity index is 2.29. The molecule has 2 rings (SSSR count). The first-order valence-electron chi connectivity index (χ1n) is 9.70. The Labute approximate surface area is 177 Å². The van der Waals surface area contributed by atoms with Crippen LogP contribution >= 0.6 is 11.6 Å². The predicted molar refractivity (Wildman–Crippen MR) is 110 cm³/mol. The zero-order valence-corrected chi connectivity index (χ0v) is 18.4. The van der Waals surface area contributed by atoms with Crippen LogP contribution in [0.1, 0.15) is 40.2 Å². The van der Waals surface area contributed by atoms with Gasteiger partial charge in [-0.2, -0.15) is 0 Å². The number of aliphatic hydroxyl groups is 2. The summed E-state index contributed by atoms with van der Waals surface area (Å²) in [7, 11) is 0. The molecule has 0 bridgehead atoms. The third-order valence-electron chi connectivity index (χ3n) is 4.66. The van der Waals surface area contributed by atoms with Gasteiger partial charge in [0.1, 0.15) is 23.5 Å². The van der Waals surface area contributed by atoms with Crippen molar-refractivity contribution in [2.75, 3.05) is 12.5 Å². The number of amides is 1. The van der Waals surface area contributed by atoms with Crippen LogP contribution in [-0.4, -0.2) is 69.4 Å². The molecular weight excluding hydrogens is 398 g/mol. The standard InChI is InChI=1S/C21H32ClNO6/c1-20(2,3)29-19(26)23-15(13-28-21(23,4)5)18(17(25)16(24)11-22)27-12-14-9-7-6-8-10-14/h6-10,15-18,24-25H,11-13H2,1-5H3/t15-,16+,17-,18-/m0/s1. The monoisotopic (exact) mass is 429 g/mol. The Morgan fingerprint density at radius 2 is 1.93 bits per heavy atom. The Morgan fingerprint density at radius 3 is 2.48 bits per heavy atom. The van der Waals surface area contributed by atoms with Crippen LogP contribution in [0, 0.1) is 0 Å². The number of aliphatic hydroxyl groups excluding tert-OH is 2. The van der Waals surface area contributed by atoms with Gasteiger partial charge in [-0.3, -0.25) is 4.90 Å². The molecule has 1 amide bonds. The number of hydrogen-bond acceptors (Lipinski definition) is 6. The van der Waals surface area contributed by atoms with Gasteiger partial charge in [0.05, 0.1) is 31.2 Å². The number of carbonyl (C=O) groups excluding carboxylic acids is 1. The van der Waals surface area contributed by atoms with Gasteiger partial charge in [-0.05, 0) is 40.2 Å². The van der Waals surface area contributed by atoms with Crippen molar-refractivity contribution in [3.8, 4) is 0 Å². The van der Waals surface area contributed by atoms with E-state index in [1.165, 1.54) is 4.90 Å². The molecule has 7 nitrogen and oxygen atoms in total. The Kier molecular flexibility index (Phi) is 7.93. The number of halogens is 1. The molecule has 164 valence electrons. The number of carbonyl (C=O) groups is 1. The van der Waals surface area contributed by atoms with E-state index in [4.69, 9.17) is 25.8 Å². The van der Waals surface area contributed by atoms with E-state index < -0.39 is 41.8 Å². The van der Waals surface area contributed by atoms with Crippen molar-refractivity contribution >= 4 is 17.7 Å². The number of alkyl halides is 1. The minimum absolute atomic E-state index is 0.123. The lowest BCUT2D eigenvalue weighted by Crippen LogP contribution is -2.58. The van der Waals surface area contributed by atoms with Crippen molar-refractivity contribution in [3.05, 3.63) is 35.9 Å². The second-order valence-electron chi connectivity index (χ2n) is 8.65. The summed E-state index contributed by atoms with van der Waals surface area (Å²) in [6.07, 6.45) is -4.05. The van der Waals surface area contributed by atoms with E-state index in [0.717, 1.165) is 5.56 Å².